The molecule has 0 saturated carbocycles. The first-order valence-electron chi connectivity index (χ1n) is 10.5. The molecule has 3 rings (SSSR count). The molecule has 0 bridgehead atoms. The number of aliphatic imine (C=N–C) groups is 1. The van der Waals surface area contributed by atoms with Gasteiger partial charge in [-0.05, 0) is 38.3 Å². The maximum atomic E-state index is 6.42. The Bertz CT molecular complexity index is 817. The number of halogens is 1. The number of benzene rings is 1. The van der Waals surface area contributed by atoms with E-state index < -0.39 is 0 Å². The number of para-hydroxylation sites is 1. The number of unbranched alkanes of at least 4 members (excludes halogenated alkanes) is 1. The summed E-state index contributed by atoms with van der Waals surface area (Å²) in [7, 11) is 1.97. The lowest BCUT2D eigenvalue weighted by Crippen LogP contribution is -2.51. The molecule has 2 N–H and O–H groups in total. The molecule has 0 amide bonds. The van der Waals surface area contributed by atoms with E-state index >= 15 is 0 Å². The van der Waals surface area contributed by atoms with E-state index in [0.717, 1.165) is 73.6 Å². The van der Waals surface area contributed by atoms with Crippen LogP contribution < -0.4 is 15.5 Å². The summed E-state index contributed by atoms with van der Waals surface area (Å²) in [4.78, 5) is 7.14. The number of hydrogen-bond donors (Lipinski definition) is 2. The van der Waals surface area contributed by atoms with Crippen LogP contribution in [-0.2, 0) is 13.6 Å². The lowest BCUT2D eigenvalue weighted by molar-refractivity contribution is 0.467. The number of nitrogens with one attached hydrogen (secondary N) is 2. The van der Waals surface area contributed by atoms with Gasteiger partial charge in [-0.25, -0.2) is 4.99 Å². The summed E-state index contributed by atoms with van der Waals surface area (Å²) < 4.78 is 1.98. The van der Waals surface area contributed by atoms with Gasteiger partial charge in [0.15, 0.2) is 11.8 Å². The van der Waals surface area contributed by atoms with E-state index in [1.807, 2.05) is 36.7 Å². The monoisotopic (exact) mass is 417 g/mol. The summed E-state index contributed by atoms with van der Waals surface area (Å²) in [6, 6.07) is 8.38. The SMILES string of the molecule is CCCCNC(=NCc1nnc(C)n1C)NC1CCCN(c2ccccc2Cl)C1. The number of anilines is 1. The second-order valence-corrected chi connectivity index (χ2v) is 7.96. The van der Waals surface area contributed by atoms with Crippen LogP contribution in [0.1, 0.15) is 44.3 Å². The first-order valence-corrected chi connectivity index (χ1v) is 10.9. The minimum absolute atomic E-state index is 0.314. The molecule has 8 heteroatoms. The molecule has 1 aliphatic heterocycles. The van der Waals surface area contributed by atoms with E-state index in [2.05, 4.69) is 38.7 Å². The van der Waals surface area contributed by atoms with Gasteiger partial charge in [0, 0.05) is 32.7 Å². The van der Waals surface area contributed by atoms with Gasteiger partial charge in [-0.3, -0.25) is 0 Å². The molecule has 1 unspecified atom stereocenters. The Labute approximate surface area is 178 Å². The van der Waals surface area contributed by atoms with Gasteiger partial charge in [0.25, 0.3) is 0 Å². The molecule has 7 nitrogen and oxygen atoms in total. The van der Waals surface area contributed by atoms with Crippen molar-refractivity contribution in [3.8, 4) is 0 Å². The second-order valence-electron chi connectivity index (χ2n) is 7.55. The van der Waals surface area contributed by atoms with Gasteiger partial charge in [-0.2, -0.15) is 0 Å². The van der Waals surface area contributed by atoms with Gasteiger partial charge in [0.1, 0.15) is 12.4 Å². The minimum Gasteiger partial charge on any atom is -0.368 e. The molecular formula is C21H32ClN7. The van der Waals surface area contributed by atoms with Crippen molar-refractivity contribution >= 4 is 23.2 Å². The van der Waals surface area contributed by atoms with Crippen molar-refractivity contribution in [3.63, 3.8) is 0 Å². The Hall–Kier alpha value is -2.28. The van der Waals surface area contributed by atoms with Crippen LogP contribution in [0.15, 0.2) is 29.3 Å². The lowest BCUT2D eigenvalue weighted by atomic mass is 10.0. The van der Waals surface area contributed by atoms with Crippen molar-refractivity contribution in [1.82, 2.24) is 25.4 Å². The van der Waals surface area contributed by atoms with Gasteiger partial charge in [-0.1, -0.05) is 37.1 Å². The summed E-state index contributed by atoms with van der Waals surface area (Å²) in [5.74, 6) is 2.59. The van der Waals surface area contributed by atoms with E-state index in [4.69, 9.17) is 16.6 Å². The topological polar surface area (TPSA) is 70.4 Å². The van der Waals surface area contributed by atoms with E-state index in [1.165, 1.54) is 0 Å². The van der Waals surface area contributed by atoms with Crippen LogP contribution in [0.3, 0.4) is 0 Å². The summed E-state index contributed by atoms with van der Waals surface area (Å²) in [6.07, 6.45) is 4.48. The molecule has 1 aromatic carbocycles. The first kappa shape index (κ1) is 21.4. The summed E-state index contributed by atoms with van der Waals surface area (Å²) in [6.45, 7) is 7.47. The van der Waals surface area contributed by atoms with Crippen molar-refractivity contribution < 1.29 is 0 Å². The van der Waals surface area contributed by atoms with Crippen LogP contribution in [0.4, 0.5) is 5.69 Å². The standard InChI is InChI=1S/C21H32ClN7/c1-4-5-12-23-21(24-14-20-27-26-16(2)28(20)3)25-17-9-8-13-29(15-17)19-11-7-6-10-18(19)22/h6-7,10-11,17H,4-5,8-9,12-15H2,1-3H3,(H2,23,24,25). The summed E-state index contributed by atoms with van der Waals surface area (Å²) in [5.41, 5.74) is 1.10. The Balaban J connectivity index is 1.66. The maximum absolute atomic E-state index is 6.42. The molecule has 1 aromatic heterocycles. The molecule has 29 heavy (non-hydrogen) atoms. The van der Waals surface area contributed by atoms with E-state index in [-0.39, 0.29) is 0 Å². The molecule has 2 aromatic rings. The highest BCUT2D eigenvalue weighted by Gasteiger charge is 2.22. The fourth-order valence-corrected chi connectivity index (χ4v) is 3.75. The fourth-order valence-electron chi connectivity index (χ4n) is 3.49. The second kappa shape index (κ2) is 10.5. The van der Waals surface area contributed by atoms with Crippen LogP contribution in [0.2, 0.25) is 5.02 Å². The maximum Gasteiger partial charge on any atom is 0.191 e. The summed E-state index contributed by atoms with van der Waals surface area (Å²) in [5, 5.41) is 16.2. The predicted molar refractivity (Wildman–Crippen MR) is 120 cm³/mol. The number of aromatic nitrogens is 3. The molecule has 158 valence electrons. The first-order chi connectivity index (χ1) is 14.1. The zero-order chi connectivity index (χ0) is 20.6. The fraction of sp³-hybridized carbons (Fsp3) is 0.571. The molecule has 0 radical (unpaired) electrons. The number of guanidine groups is 1. The third-order valence-electron chi connectivity index (χ3n) is 5.34. The predicted octanol–water partition coefficient (Wildman–Crippen LogP) is 3.28. The van der Waals surface area contributed by atoms with Crippen LogP contribution in [-0.4, -0.2) is 46.4 Å². The van der Waals surface area contributed by atoms with Crippen LogP contribution in [0.5, 0.6) is 0 Å². The van der Waals surface area contributed by atoms with Crippen molar-refractivity contribution in [2.45, 2.75) is 52.1 Å². The lowest BCUT2D eigenvalue weighted by Gasteiger charge is -2.35. The molecular weight excluding hydrogens is 386 g/mol. The van der Waals surface area contributed by atoms with E-state index in [1.54, 1.807) is 0 Å². The van der Waals surface area contributed by atoms with Crippen molar-refractivity contribution in [2.75, 3.05) is 24.5 Å². The Morgan fingerprint density at radius 1 is 1.31 bits per heavy atom. The normalized spacial score (nSPS) is 17.4. The van der Waals surface area contributed by atoms with Crippen LogP contribution in [0.25, 0.3) is 0 Å². The third-order valence-corrected chi connectivity index (χ3v) is 5.66. The molecule has 2 heterocycles. The van der Waals surface area contributed by atoms with Crippen molar-refractivity contribution in [3.05, 3.63) is 40.9 Å². The van der Waals surface area contributed by atoms with Gasteiger partial charge in [0.2, 0.25) is 0 Å². The zero-order valence-corrected chi connectivity index (χ0v) is 18.4. The minimum atomic E-state index is 0.314. The highest BCUT2D eigenvalue weighted by molar-refractivity contribution is 6.33. The smallest absolute Gasteiger partial charge is 0.191 e. The molecule has 1 fully saturated rings. The van der Waals surface area contributed by atoms with Gasteiger partial charge in [-0.15, -0.1) is 10.2 Å². The molecule has 1 saturated heterocycles. The number of rotatable bonds is 7. The number of piperidine rings is 1. The summed E-state index contributed by atoms with van der Waals surface area (Å²) >= 11 is 6.42. The van der Waals surface area contributed by atoms with Crippen molar-refractivity contribution in [1.29, 1.82) is 0 Å². The average molecular weight is 418 g/mol. The Kier molecular flexibility index (Phi) is 7.75. The third kappa shape index (κ3) is 5.85. The number of aryl methyl sites for hydroxylation is 1. The van der Waals surface area contributed by atoms with Crippen molar-refractivity contribution in [2.24, 2.45) is 12.0 Å². The van der Waals surface area contributed by atoms with Crippen LogP contribution >= 0.6 is 11.6 Å². The Morgan fingerprint density at radius 2 is 2.14 bits per heavy atom. The van der Waals surface area contributed by atoms with Gasteiger partial charge < -0.3 is 20.1 Å². The molecule has 1 aliphatic rings. The molecule has 0 spiro atoms. The molecule has 0 aliphatic carbocycles. The Morgan fingerprint density at radius 3 is 2.86 bits per heavy atom. The highest BCUT2D eigenvalue weighted by atomic mass is 35.5. The highest BCUT2D eigenvalue weighted by Crippen LogP contribution is 2.27. The number of hydrogen-bond acceptors (Lipinski definition) is 4. The molecule has 1 atom stereocenters. The number of nitrogens with zero attached hydrogens (tertiary/aromatic N) is 5. The quantitative estimate of drug-likeness (QED) is 0.411. The van der Waals surface area contributed by atoms with Crippen LogP contribution in [0, 0.1) is 6.92 Å². The van der Waals surface area contributed by atoms with E-state index in [9.17, 15) is 0 Å². The van der Waals surface area contributed by atoms with Gasteiger partial charge >= 0.3 is 0 Å². The largest absolute Gasteiger partial charge is 0.368 e. The van der Waals surface area contributed by atoms with Gasteiger partial charge in [0.05, 0.1) is 10.7 Å². The van der Waals surface area contributed by atoms with E-state index in [0.29, 0.717) is 12.6 Å². The zero-order valence-electron chi connectivity index (χ0n) is 17.7. The average Bonchev–Trinajstić information content (AvgIpc) is 3.05.